The van der Waals surface area contributed by atoms with Gasteiger partial charge >= 0.3 is 0 Å². The van der Waals surface area contributed by atoms with Gasteiger partial charge in [-0.05, 0) is 49.8 Å². The van der Waals surface area contributed by atoms with Crippen LogP contribution in [0.5, 0.6) is 0 Å². The van der Waals surface area contributed by atoms with Crippen LogP contribution in [0.3, 0.4) is 0 Å². The Morgan fingerprint density at radius 3 is 2.74 bits per heavy atom. The normalized spacial score (nSPS) is 20.6. The van der Waals surface area contributed by atoms with Crippen LogP contribution in [0.25, 0.3) is 0 Å². The van der Waals surface area contributed by atoms with E-state index in [-0.39, 0.29) is 5.78 Å². The van der Waals surface area contributed by atoms with Crippen LogP contribution in [0, 0.1) is 25.2 Å². The summed E-state index contributed by atoms with van der Waals surface area (Å²) in [5, 5.41) is 9.31. The van der Waals surface area contributed by atoms with Crippen molar-refractivity contribution in [2.24, 2.45) is 0 Å². The van der Waals surface area contributed by atoms with Crippen molar-refractivity contribution in [3.63, 3.8) is 0 Å². The summed E-state index contributed by atoms with van der Waals surface area (Å²) >= 11 is 0. The summed E-state index contributed by atoms with van der Waals surface area (Å²) in [6, 6.07) is 7.90. The molecule has 0 aliphatic carbocycles. The molecule has 2 atom stereocenters. The quantitative estimate of drug-likeness (QED) is 0.836. The average Bonchev–Trinajstić information content (AvgIpc) is 2.44. The second-order valence-corrected chi connectivity index (χ2v) is 5.16. The molecule has 0 amide bonds. The highest BCUT2D eigenvalue weighted by molar-refractivity contribution is 5.92. The van der Waals surface area contributed by atoms with Crippen molar-refractivity contribution in [1.29, 1.82) is 5.26 Å². The number of carbonyl (C=O) groups excluding carboxylic acids is 1. The summed E-state index contributed by atoms with van der Waals surface area (Å²) in [4.78, 5) is 12.4. The molecule has 3 heteroatoms. The Kier molecular flexibility index (Phi) is 4.34. The van der Waals surface area contributed by atoms with Crippen LogP contribution in [0.4, 0.5) is 0 Å². The minimum Gasteiger partial charge on any atom is -0.370 e. The number of hydrogen-bond donors (Lipinski definition) is 0. The van der Waals surface area contributed by atoms with Gasteiger partial charge in [-0.2, -0.15) is 5.26 Å². The van der Waals surface area contributed by atoms with Gasteiger partial charge in [0, 0.05) is 6.61 Å². The first-order chi connectivity index (χ1) is 9.13. The van der Waals surface area contributed by atoms with Crippen LogP contribution < -0.4 is 0 Å². The van der Waals surface area contributed by atoms with E-state index in [1.807, 2.05) is 32.0 Å². The monoisotopic (exact) mass is 257 g/mol. The first kappa shape index (κ1) is 13.8. The van der Waals surface area contributed by atoms with E-state index < -0.39 is 12.0 Å². The summed E-state index contributed by atoms with van der Waals surface area (Å²) in [5.74, 6) is -0.798. The van der Waals surface area contributed by atoms with Crippen molar-refractivity contribution in [3.05, 3.63) is 34.9 Å². The maximum atomic E-state index is 12.4. The van der Waals surface area contributed by atoms with E-state index >= 15 is 0 Å². The molecule has 1 aliphatic heterocycles. The first-order valence-electron chi connectivity index (χ1n) is 6.75. The number of Topliss-reactive ketones (excluding diaryl/α,β-unsaturated/α-hetero) is 1. The molecule has 1 fully saturated rings. The predicted molar refractivity (Wildman–Crippen MR) is 72.9 cm³/mol. The fraction of sp³-hybridized carbons (Fsp3) is 0.500. The molecule has 1 aromatic carbocycles. The van der Waals surface area contributed by atoms with Crippen LogP contribution >= 0.6 is 0 Å². The Bertz CT molecular complexity index is 510. The van der Waals surface area contributed by atoms with Crippen molar-refractivity contribution in [2.75, 3.05) is 6.61 Å². The fourth-order valence-corrected chi connectivity index (χ4v) is 2.40. The number of ketones is 1. The largest absolute Gasteiger partial charge is 0.370 e. The van der Waals surface area contributed by atoms with E-state index in [2.05, 4.69) is 6.07 Å². The third kappa shape index (κ3) is 3.02. The number of carbonyl (C=O) groups is 1. The van der Waals surface area contributed by atoms with Gasteiger partial charge in [-0.1, -0.05) is 18.2 Å². The van der Waals surface area contributed by atoms with Gasteiger partial charge in [0.15, 0.2) is 5.78 Å². The molecule has 0 radical (unpaired) electrons. The van der Waals surface area contributed by atoms with E-state index in [0.717, 1.165) is 30.4 Å². The number of nitrogens with zero attached hydrogens (tertiary/aromatic N) is 1. The zero-order valence-electron chi connectivity index (χ0n) is 11.5. The number of benzene rings is 1. The van der Waals surface area contributed by atoms with Gasteiger partial charge in [-0.3, -0.25) is 4.79 Å². The van der Waals surface area contributed by atoms with Gasteiger partial charge in [0.2, 0.25) is 0 Å². The van der Waals surface area contributed by atoms with Crippen LogP contribution in [0.15, 0.2) is 18.2 Å². The van der Waals surface area contributed by atoms with Gasteiger partial charge in [0.05, 0.1) is 6.07 Å². The SMILES string of the molecule is Cc1ccc(C(C#N)C(=O)C2CCCCO2)cc1C. The lowest BCUT2D eigenvalue weighted by Crippen LogP contribution is -2.32. The molecule has 0 bridgehead atoms. The van der Waals surface area contributed by atoms with E-state index in [9.17, 15) is 10.1 Å². The maximum Gasteiger partial charge on any atom is 0.183 e. The Hall–Kier alpha value is -1.66. The highest BCUT2D eigenvalue weighted by Crippen LogP contribution is 2.24. The predicted octanol–water partition coefficient (Wildman–Crippen LogP) is 3.05. The molecule has 0 spiro atoms. The lowest BCUT2D eigenvalue weighted by Gasteiger charge is -2.23. The smallest absolute Gasteiger partial charge is 0.183 e. The van der Waals surface area contributed by atoms with Crippen molar-refractivity contribution in [2.45, 2.75) is 45.1 Å². The number of ether oxygens (including phenoxy) is 1. The highest BCUT2D eigenvalue weighted by Gasteiger charge is 2.30. The number of aryl methyl sites for hydroxylation is 2. The molecule has 100 valence electrons. The van der Waals surface area contributed by atoms with Crippen LogP contribution in [-0.4, -0.2) is 18.5 Å². The standard InChI is InChI=1S/C16H19NO2/c1-11-6-7-13(9-12(11)2)14(10-17)16(18)15-5-3-4-8-19-15/h6-7,9,14-15H,3-5,8H2,1-2H3. The van der Waals surface area contributed by atoms with Crippen molar-refractivity contribution < 1.29 is 9.53 Å². The Morgan fingerprint density at radius 1 is 1.37 bits per heavy atom. The molecule has 0 aromatic heterocycles. The van der Waals surface area contributed by atoms with Crippen molar-refractivity contribution in [3.8, 4) is 6.07 Å². The Morgan fingerprint density at radius 2 is 2.16 bits per heavy atom. The third-order valence-electron chi connectivity index (χ3n) is 3.77. The van der Waals surface area contributed by atoms with E-state index in [4.69, 9.17) is 4.74 Å². The van der Waals surface area contributed by atoms with E-state index in [0.29, 0.717) is 6.61 Å². The summed E-state index contributed by atoms with van der Waals surface area (Å²) in [6.45, 7) is 4.64. The van der Waals surface area contributed by atoms with Crippen LogP contribution in [-0.2, 0) is 9.53 Å². The summed E-state index contributed by atoms with van der Waals surface area (Å²) in [6.07, 6.45) is 2.34. The zero-order chi connectivity index (χ0) is 13.8. The molecule has 2 unspecified atom stereocenters. The Labute approximate surface area is 114 Å². The van der Waals surface area contributed by atoms with Crippen molar-refractivity contribution in [1.82, 2.24) is 0 Å². The molecule has 1 saturated heterocycles. The van der Waals surface area contributed by atoms with Gasteiger partial charge < -0.3 is 4.74 Å². The van der Waals surface area contributed by atoms with E-state index in [1.165, 1.54) is 5.56 Å². The minimum atomic E-state index is -0.706. The fourth-order valence-electron chi connectivity index (χ4n) is 2.40. The molecular formula is C16H19NO2. The summed E-state index contributed by atoms with van der Waals surface area (Å²) < 4.78 is 5.50. The molecule has 1 heterocycles. The topological polar surface area (TPSA) is 50.1 Å². The maximum absolute atomic E-state index is 12.4. The van der Waals surface area contributed by atoms with Crippen molar-refractivity contribution >= 4 is 5.78 Å². The molecule has 3 nitrogen and oxygen atoms in total. The number of nitriles is 1. The number of hydrogen-bond acceptors (Lipinski definition) is 3. The molecular weight excluding hydrogens is 238 g/mol. The van der Waals surface area contributed by atoms with Gasteiger partial charge in [0.1, 0.15) is 12.0 Å². The molecule has 1 aromatic rings. The highest BCUT2D eigenvalue weighted by atomic mass is 16.5. The molecule has 0 saturated carbocycles. The lowest BCUT2D eigenvalue weighted by molar-refractivity contribution is -0.133. The zero-order valence-corrected chi connectivity index (χ0v) is 11.5. The number of rotatable bonds is 3. The second-order valence-electron chi connectivity index (χ2n) is 5.16. The molecule has 0 N–H and O–H groups in total. The van der Waals surface area contributed by atoms with Crippen LogP contribution in [0.1, 0.15) is 41.9 Å². The second kappa shape index (κ2) is 5.99. The summed E-state index contributed by atoms with van der Waals surface area (Å²) in [5.41, 5.74) is 3.06. The average molecular weight is 257 g/mol. The summed E-state index contributed by atoms with van der Waals surface area (Å²) in [7, 11) is 0. The van der Waals surface area contributed by atoms with Gasteiger partial charge in [-0.15, -0.1) is 0 Å². The molecule has 2 rings (SSSR count). The van der Waals surface area contributed by atoms with Gasteiger partial charge in [-0.25, -0.2) is 0 Å². The molecule has 1 aliphatic rings. The lowest BCUT2D eigenvalue weighted by atomic mass is 9.89. The minimum absolute atomic E-state index is 0.0922. The first-order valence-corrected chi connectivity index (χ1v) is 6.75. The van der Waals surface area contributed by atoms with Gasteiger partial charge in [0.25, 0.3) is 0 Å². The Balaban J connectivity index is 2.21. The third-order valence-corrected chi connectivity index (χ3v) is 3.77. The van der Waals surface area contributed by atoms with Crippen LogP contribution in [0.2, 0.25) is 0 Å². The van der Waals surface area contributed by atoms with E-state index in [1.54, 1.807) is 0 Å². The molecule has 19 heavy (non-hydrogen) atoms.